The van der Waals surface area contributed by atoms with E-state index in [0.717, 1.165) is 88.1 Å². The third kappa shape index (κ3) is 5.02. The van der Waals surface area contributed by atoms with Gasteiger partial charge in [0.2, 0.25) is 0 Å². The monoisotopic (exact) mass is 841 g/mol. The third-order valence-electron chi connectivity index (χ3n) is 14.3. The van der Waals surface area contributed by atoms with E-state index in [1.165, 1.54) is 44.3 Å². The van der Waals surface area contributed by atoms with E-state index in [4.69, 9.17) is 8.83 Å². The molecule has 0 aliphatic heterocycles. The number of rotatable bonds is 6. The fourth-order valence-corrected chi connectivity index (χ4v) is 11.5. The van der Waals surface area contributed by atoms with Gasteiger partial charge in [-0.15, -0.1) is 0 Å². The van der Waals surface area contributed by atoms with Crippen LogP contribution in [-0.2, 0) is 5.41 Å². The molecular weight excluding hydrogens is 803 g/mol. The van der Waals surface area contributed by atoms with E-state index in [9.17, 15) is 0 Å². The molecule has 308 valence electrons. The standard InChI is InChI=1S/C63H39NO2/c1-2-43-46-21-7-11-24-52(46)63(53-25-12-8-22-47(53)48-23-9-13-26-54(48)63)55(43)34-35-64(57-28-15-29-59-61(57)49-32-30-39-16-5-6-20-45(39)62(49)66-59)56-27-14-10-19-44(56)42-31-33-58-50(37-42)51-36-40-17-3-4-18-41(40)38-60(51)65-58/h2-38H,1H2/b35-34+. The molecule has 0 atom stereocenters. The van der Waals surface area contributed by atoms with Crippen LogP contribution in [0.4, 0.5) is 11.4 Å². The second-order valence-electron chi connectivity index (χ2n) is 17.5. The molecule has 2 aromatic heterocycles. The Bertz CT molecular complexity index is 4050. The van der Waals surface area contributed by atoms with Crippen LogP contribution in [0.3, 0.4) is 0 Å². The fourth-order valence-electron chi connectivity index (χ4n) is 11.5. The summed E-state index contributed by atoms with van der Waals surface area (Å²) in [5.74, 6) is 0. The van der Waals surface area contributed by atoms with Gasteiger partial charge in [0.25, 0.3) is 0 Å². The second-order valence-corrected chi connectivity index (χ2v) is 17.5. The number of para-hydroxylation sites is 1. The topological polar surface area (TPSA) is 29.5 Å². The highest BCUT2D eigenvalue weighted by Crippen LogP contribution is 2.62. The zero-order valence-electron chi connectivity index (χ0n) is 35.8. The van der Waals surface area contributed by atoms with Gasteiger partial charge < -0.3 is 13.7 Å². The van der Waals surface area contributed by atoms with E-state index in [1.807, 2.05) is 0 Å². The molecule has 3 heteroatoms. The smallest absolute Gasteiger partial charge is 0.143 e. The first-order chi connectivity index (χ1) is 32.7. The minimum atomic E-state index is -0.556. The predicted octanol–water partition coefficient (Wildman–Crippen LogP) is 17.1. The summed E-state index contributed by atoms with van der Waals surface area (Å²) < 4.78 is 13.3. The molecular formula is C63H39NO2. The lowest BCUT2D eigenvalue weighted by Gasteiger charge is -2.32. The Hall–Kier alpha value is -8.66. The average Bonchev–Trinajstić information content (AvgIpc) is 4.10. The minimum Gasteiger partial charge on any atom is -0.456 e. The summed E-state index contributed by atoms with van der Waals surface area (Å²) in [6, 6.07) is 74.4. The summed E-state index contributed by atoms with van der Waals surface area (Å²) in [5, 5.41) is 8.92. The van der Waals surface area contributed by atoms with Crippen molar-refractivity contribution in [2.75, 3.05) is 4.90 Å². The molecule has 10 aromatic carbocycles. The fraction of sp³-hybridized carbons (Fsp3) is 0.0159. The summed E-state index contributed by atoms with van der Waals surface area (Å²) in [5.41, 5.74) is 17.0. The predicted molar refractivity (Wildman–Crippen MR) is 274 cm³/mol. The molecule has 0 saturated heterocycles. The number of allylic oxidation sites excluding steroid dienone is 4. The second kappa shape index (κ2) is 13.9. The van der Waals surface area contributed by atoms with Gasteiger partial charge in [0.1, 0.15) is 22.3 Å². The molecule has 66 heavy (non-hydrogen) atoms. The van der Waals surface area contributed by atoms with Gasteiger partial charge in [-0.2, -0.15) is 0 Å². The van der Waals surface area contributed by atoms with Crippen molar-refractivity contribution in [3.05, 3.63) is 259 Å². The minimum absolute atomic E-state index is 0.556. The van der Waals surface area contributed by atoms with Crippen molar-refractivity contribution in [1.29, 1.82) is 0 Å². The van der Waals surface area contributed by atoms with Crippen LogP contribution in [0.5, 0.6) is 0 Å². The average molecular weight is 842 g/mol. The van der Waals surface area contributed by atoms with Crippen LogP contribution in [0, 0.1) is 0 Å². The summed E-state index contributed by atoms with van der Waals surface area (Å²) in [7, 11) is 0. The Morgan fingerprint density at radius 1 is 0.424 bits per heavy atom. The summed E-state index contributed by atoms with van der Waals surface area (Å²) in [6.45, 7) is 4.48. The van der Waals surface area contributed by atoms with E-state index >= 15 is 0 Å². The molecule has 0 bridgehead atoms. The normalized spacial score (nSPS) is 13.8. The lowest BCUT2D eigenvalue weighted by molar-refractivity contribution is 0.669. The third-order valence-corrected chi connectivity index (χ3v) is 14.3. The number of hydrogen-bond acceptors (Lipinski definition) is 3. The molecule has 14 rings (SSSR count). The Kier molecular flexibility index (Phi) is 7.76. The van der Waals surface area contributed by atoms with Crippen LogP contribution in [0.25, 0.3) is 93.2 Å². The summed E-state index contributed by atoms with van der Waals surface area (Å²) >= 11 is 0. The maximum Gasteiger partial charge on any atom is 0.143 e. The SMILES string of the molecule is C=CC1=C(/C=C/N(c2ccccc2-c2ccc3oc4cc5ccccc5cc4c3c2)c2cccc3oc4c5ccccc5ccc4c23)C2(c3ccccc31)c1ccccc1-c1ccccc12. The van der Waals surface area contributed by atoms with E-state index in [1.54, 1.807) is 0 Å². The maximum atomic E-state index is 6.84. The Balaban J connectivity index is 1.04. The Labute approximate surface area is 381 Å². The highest BCUT2D eigenvalue weighted by molar-refractivity contribution is 6.19. The van der Waals surface area contributed by atoms with Crippen molar-refractivity contribution in [2.24, 2.45) is 0 Å². The zero-order valence-corrected chi connectivity index (χ0v) is 35.8. The van der Waals surface area contributed by atoms with E-state index < -0.39 is 5.41 Å². The molecule has 12 aromatic rings. The summed E-state index contributed by atoms with van der Waals surface area (Å²) in [4.78, 5) is 2.38. The lowest BCUT2D eigenvalue weighted by Crippen LogP contribution is -2.27. The first kappa shape index (κ1) is 36.8. The molecule has 0 fully saturated rings. The molecule has 0 N–H and O–H groups in total. The van der Waals surface area contributed by atoms with Crippen molar-refractivity contribution in [3.8, 4) is 22.3 Å². The van der Waals surface area contributed by atoms with Gasteiger partial charge in [-0.25, -0.2) is 0 Å². The molecule has 3 nitrogen and oxygen atoms in total. The van der Waals surface area contributed by atoms with Gasteiger partial charge in [-0.3, -0.25) is 0 Å². The van der Waals surface area contributed by atoms with Crippen LogP contribution >= 0.6 is 0 Å². The van der Waals surface area contributed by atoms with E-state index in [0.29, 0.717) is 0 Å². The highest BCUT2D eigenvalue weighted by Gasteiger charge is 2.51. The summed E-state index contributed by atoms with van der Waals surface area (Å²) in [6.07, 6.45) is 6.71. The van der Waals surface area contributed by atoms with Crippen molar-refractivity contribution in [2.45, 2.75) is 5.41 Å². The first-order valence-electron chi connectivity index (χ1n) is 22.6. The maximum absolute atomic E-state index is 6.84. The number of anilines is 2. The van der Waals surface area contributed by atoms with Gasteiger partial charge in [0.15, 0.2) is 0 Å². The number of furan rings is 2. The number of hydrogen-bond donors (Lipinski definition) is 0. The quantitative estimate of drug-likeness (QED) is 0.167. The molecule has 0 radical (unpaired) electrons. The van der Waals surface area contributed by atoms with Gasteiger partial charge in [-0.1, -0.05) is 170 Å². The molecule has 1 spiro atoms. The van der Waals surface area contributed by atoms with Crippen molar-refractivity contribution < 1.29 is 8.83 Å². The molecule has 2 aliphatic carbocycles. The van der Waals surface area contributed by atoms with Crippen LogP contribution in [0.15, 0.2) is 246 Å². The van der Waals surface area contributed by atoms with Crippen LogP contribution in [0.2, 0.25) is 0 Å². The van der Waals surface area contributed by atoms with Crippen LogP contribution in [-0.4, -0.2) is 0 Å². The number of benzene rings is 10. The van der Waals surface area contributed by atoms with E-state index in [-0.39, 0.29) is 0 Å². The van der Waals surface area contributed by atoms with Crippen LogP contribution in [0.1, 0.15) is 22.3 Å². The molecule has 2 aliphatic rings. The highest BCUT2D eigenvalue weighted by atomic mass is 16.3. The van der Waals surface area contributed by atoms with Crippen LogP contribution < -0.4 is 4.90 Å². The lowest BCUT2D eigenvalue weighted by atomic mass is 9.69. The number of nitrogens with zero attached hydrogens (tertiary/aromatic N) is 1. The molecule has 0 saturated carbocycles. The Morgan fingerprint density at radius 2 is 1.05 bits per heavy atom. The number of fused-ring (bicyclic) bond motifs is 16. The zero-order chi connectivity index (χ0) is 43.5. The molecule has 0 unspecified atom stereocenters. The van der Waals surface area contributed by atoms with E-state index in [2.05, 4.69) is 236 Å². The van der Waals surface area contributed by atoms with Crippen molar-refractivity contribution in [3.63, 3.8) is 0 Å². The van der Waals surface area contributed by atoms with Gasteiger partial charge >= 0.3 is 0 Å². The van der Waals surface area contributed by atoms with Crippen molar-refractivity contribution >= 4 is 82.4 Å². The molecule has 2 heterocycles. The van der Waals surface area contributed by atoms with Gasteiger partial charge in [0, 0.05) is 33.3 Å². The largest absolute Gasteiger partial charge is 0.456 e. The van der Waals surface area contributed by atoms with Crippen molar-refractivity contribution in [1.82, 2.24) is 0 Å². The Morgan fingerprint density at radius 3 is 1.82 bits per heavy atom. The van der Waals surface area contributed by atoms with Gasteiger partial charge in [-0.05, 0) is 121 Å². The molecule has 0 amide bonds. The van der Waals surface area contributed by atoms with Gasteiger partial charge in [0.05, 0.1) is 22.2 Å². The first-order valence-corrected chi connectivity index (χ1v) is 22.6.